The molecule has 16 heavy (non-hydrogen) atoms. The first-order valence-electron chi connectivity index (χ1n) is 4.35. The van der Waals surface area contributed by atoms with Crippen molar-refractivity contribution in [3.8, 4) is 0 Å². The van der Waals surface area contributed by atoms with Crippen molar-refractivity contribution in [1.82, 2.24) is 9.62 Å². The second-order valence-corrected chi connectivity index (χ2v) is 5.36. The third kappa shape index (κ3) is 6.14. The maximum Gasteiger partial charge on any atom is 0.328 e. The maximum absolute atomic E-state index is 11.2. The van der Waals surface area contributed by atoms with Gasteiger partial charge in [-0.05, 0) is 0 Å². The van der Waals surface area contributed by atoms with Crippen LogP contribution in [0.2, 0.25) is 0 Å². The molecule has 1 amide bonds. The smallest absolute Gasteiger partial charge is 0.328 e. The fourth-order valence-corrected chi connectivity index (χ4v) is 1.42. The lowest BCUT2D eigenvalue weighted by atomic mass is 10.4. The van der Waals surface area contributed by atoms with Crippen LogP contribution in [-0.4, -0.2) is 56.1 Å². The summed E-state index contributed by atoms with van der Waals surface area (Å²) in [7, 11) is -0.566. The lowest BCUT2D eigenvalue weighted by molar-refractivity contribution is -0.131. The molecule has 0 aromatic heterocycles. The van der Waals surface area contributed by atoms with Gasteiger partial charge in [0.15, 0.2) is 0 Å². The topological polar surface area (TPSA) is 104 Å². The second-order valence-electron chi connectivity index (χ2n) is 3.06. The monoisotopic (exact) mass is 250 g/mol. The van der Waals surface area contributed by atoms with Crippen molar-refractivity contribution in [3.63, 3.8) is 0 Å². The number of nitrogens with zero attached hydrogens (tertiary/aromatic N) is 1. The Morgan fingerprint density at radius 3 is 2.31 bits per heavy atom. The molecule has 0 bridgehead atoms. The number of carboxylic acids is 1. The summed E-state index contributed by atoms with van der Waals surface area (Å²) in [4.78, 5) is 21.0. The van der Waals surface area contributed by atoms with Crippen LogP contribution in [0.15, 0.2) is 12.2 Å². The van der Waals surface area contributed by atoms with Crippen LogP contribution in [-0.2, 0) is 19.6 Å². The highest BCUT2D eigenvalue weighted by Gasteiger charge is 2.12. The lowest BCUT2D eigenvalue weighted by Crippen LogP contribution is -2.33. The van der Waals surface area contributed by atoms with Gasteiger partial charge in [0.2, 0.25) is 15.9 Å². The van der Waals surface area contributed by atoms with Gasteiger partial charge in [-0.2, -0.15) is 0 Å². The van der Waals surface area contributed by atoms with E-state index in [9.17, 15) is 18.0 Å². The minimum atomic E-state index is -3.35. The van der Waals surface area contributed by atoms with Crippen molar-refractivity contribution in [2.24, 2.45) is 0 Å². The highest BCUT2D eigenvalue weighted by molar-refractivity contribution is 7.89. The molecule has 7 nitrogen and oxygen atoms in total. The van der Waals surface area contributed by atoms with E-state index in [1.54, 1.807) is 0 Å². The number of rotatable bonds is 6. The summed E-state index contributed by atoms with van der Waals surface area (Å²) in [6.07, 6.45) is 1.50. The summed E-state index contributed by atoms with van der Waals surface area (Å²) < 4.78 is 23.5. The van der Waals surface area contributed by atoms with Gasteiger partial charge in [0.1, 0.15) is 0 Å². The Morgan fingerprint density at radius 2 is 1.88 bits per heavy atom. The molecule has 0 fully saturated rings. The Labute approximate surface area is 93.8 Å². The molecule has 0 atom stereocenters. The summed E-state index contributed by atoms with van der Waals surface area (Å²) in [5.74, 6) is -2.11. The number of carbonyl (C=O) groups excluding carboxylic acids is 1. The van der Waals surface area contributed by atoms with Gasteiger partial charge in [-0.3, -0.25) is 4.79 Å². The number of nitrogens with one attached hydrogen (secondary N) is 1. The highest BCUT2D eigenvalue weighted by atomic mass is 32.2. The first-order valence-corrected chi connectivity index (χ1v) is 5.95. The molecule has 0 radical (unpaired) electrons. The van der Waals surface area contributed by atoms with Crippen molar-refractivity contribution >= 4 is 21.9 Å². The van der Waals surface area contributed by atoms with Crippen LogP contribution in [0.5, 0.6) is 0 Å². The third-order valence-electron chi connectivity index (χ3n) is 1.59. The van der Waals surface area contributed by atoms with Crippen molar-refractivity contribution in [1.29, 1.82) is 0 Å². The average Bonchev–Trinajstić information content (AvgIpc) is 2.14. The van der Waals surface area contributed by atoms with Crippen LogP contribution < -0.4 is 5.32 Å². The number of carbonyl (C=O) groups is 2. The number of aliphatic carboxylic acids is 1. The number of hydrogen-bond acceptors (Lipinski definition) is 4. The fourth-order valence-electron chi connectivity index (χ4n) is 0.692. The van der Waals surface area contributed by atoms with Gasteiger partial charge >= 0.3 is 5.97 Å². The van der Waals surface area contributed by atoms with E-state index in [1.165, 1.54) is 14.1 Å². The Hall–Kier alpha value is -1.41. The summed E-state index contributed by atoms with van der Waals surface area (Å²) >= 11 is 0. The first kappa shape index (κ1) is 14.6. The molecule has 92 valence electrons. The van der Waals surface area contributed by atoms with Crippen LogP contribution >= 0.6 is 0 Å². The predicted octanol–water partition coefficient (Wildman–Crippen LogP) is -1.37. The normalized spacial score (nSPS) is 11.9. The van der Waals surface area contributed by atoms with E-state index in [2.05, 4.69) is 5.32 Å². The van der Waals surface area contributed by atoms with Gasteiger partial charge in [-0.15, -0.1) is 0 Å². The van der Waals surface area contributed by atoms with E-state index in [1.807, 2.05) is 0 Å². The first-order chi connectivity index (χ1) is 7.25. The molecule has 0 aromatic rings. The second kappa shape index (κ2) is 6.23. The average molecular weight is 250 g/mol. The quantitative estimate of drug-likeness (QED) is 0.566. The minimum Gasteiger partial charge on any atom is -0.478 e. The van der Waals surface area contributed by atoms with Gasteiger partial charge in [-0.25, -0.2) is 17.5 Å². The SMILES string of the molecule is CN(C)S(=O)(=O)CCNC(=O)/C=C/C(=O)O. The van der Waals surface area contributed by atoms with Gasteiger partial charge < -0.3 is 10.4 Å². The number of sulfonamides is 1. The molecule has 0 aliphatic rings. The van der Waals surface area contributed by atoms with E-state index in [0.29, 0.717) is 6.08 Å². The maximum atomic E-state index is 11.2. The van der Waals surface area contributed by atoms with Crippen LogP contribution in [0.1, 0.15) is 0 Å². The molecule has 0 unspecified atom stereocenters. The van der Waals surface area contributed by atoms with E-state index in [4.69, 9.17) is 5.11 Å². The summed E-state index contributed by atoms with van der Waals surface area (Å²) in [5, 5.41) is 10.5. The molecule has 0 aliphatic carbocycles. The summed E-state index contributed by atoms with van der Waals surface area (Å²) in [6.45, 7) is -0.0662. The molecule has 8 heteroatoms. The van der Waals surface area contributed by atoms with Crippen molar-refractivity contribution in [3.05, 3.63) is 12.2 Å². The van der Waals surface area contributed by atoms with Crippen molar-refractivity contribution in [2.45, 2.75) is 0 Å². The van der Waals surface area contributed by atoms with Gasteiger partial charge in [0.05, 0.1) is 5.75 Å². The van der Waals surface area contributed by atoms with Gasteiger partial charge in [0.25, 0.3) is 0 Å². The van der Waals surface area contributed by atoms with E-state index in [-0.39, 0.29) is 12.3 Å². The zero-order valence-corrected chi connectivity index (χ0v) is 9.82. The lowest BCUT2D eigenvalue weighted by Gasteiger charge is -2.10. The largest absolute Gasteiger partial charge is 0.478 e. The predicted molar refractivity (Wildman–Crippen MR) is 57.3 cm³/mol. The molecule has 2 N–H and O–H groups in total. The Bertz CT molecular complexity index is 385. The third-order valence-corrected chi connectivity index (χ3v) is 3.43. The van der Waals surface area contributed by atoms with Crippen LogP contribution in [0.4, 0.5) is 0 Å². The Kier molecular flexibility index (Phi) is 5.68. The molecular formula is C8H14N2O5S. The Balaban J connectivity index is 4.01. The van der Waals surface area contributed by atoms with E-state index >= 15 is 0 Å². The molecule has 0 aromatic carbocycles. The molecular weight excluding hydrogens is 236 g/mol. The molecule has 0 saturated heterocycles. The highest BCUT2D eigenvalue weighted by Crippen LogP contribution is 1.91. The van der Waals surface area contributed by atoms with Gasteiger partial charge in [-0.1, -0.05) is 0 Å². The van der Waals surface area contributed by atoms with Crippen molar-refractivity contribution < 1.29 is 23.1 Å². The fraction of sp³-hybridized carbons (Fsp3) is 0.500. The molecule has 0 rings (SSSR count). The summed E-state index contributed by atoms with van der Waals surface area (Å²) in [5.41, 5.74) is 0. The number of hydrogen-bond donors (Lipinski definition) is 2. The molecule has 0 spiro atoms. The standard InChI is InChI=1S/C8H14N2O5S/c1-10(2)16(14,15)6-5-9-7(11)3-4-8(12)13/h3-4H,5-6H2,1-2H3,(H,9,11)(H,12,13)/b4-3+. The zero-order valence-electron chi connectivity index (χ0n) is 9.00. The zero-order chi connectivity index (χ0) is 12.8. The summed E-state index contributed by atoms with van der Waals surface area (Å²) in [6, 6.07) is 0. The van der Waals surface area contributed by atoms with E-state index < -0.39 is 21.9 Å². The van der Waals surface area contributed by atoms with Gasteiger partial charge in [0, 0.05) is 32.8 Å². The van der Waals surface area contributed by atoms with E-state index in [0.717, 1.165) is 10.4 Å². The van der Waals surface area contributed by atoms with Crippen molar-refractivity contribution in [2.75, 3.05) is 26.4 Å². The minimum absolute atomic E-state index is 0.0662. The number of amides is 1. The molecule has 0 heterocycles. The molecule has 0 saturated carbocycles. The van der Waals surface area contributed by atoms with Crippen LogP contribution in [0.3, 0.4) is 0 Å². The van der Waals surface area contributed by atoms with Crippen LogP contribution in [0, 0.1) is 0 Å². The Morgan fingerprint density at radius 1 is 1.31 bits per heavy atom. The van der Waals surface area contributed by atoms with Crippen LogP contribution in [0.25, 0.3) is 0 Å². The molecule has 0 aliphatic heterocycles. The number of carboxylic acid groups (broad SMARTS) is 1.